The van der Waals surface area contributed by atoms with Gasteiger partial charge in [-0.2, -0.15) is 0 Å². The van der Waals surface area contributed by atoms with Crippen LogP contribution in [0.1, 0.15) is 10.4 Å². The molecular formula is C13H17NO6. The molecule has 0 saturated heterocycles. The van der Waals surface area contributed by atoms with E-state index in [2.05, 4.69) is 5.32 Å². The number of ketones is 1. The highest BCUT2D eigenvalue weighted by Crippen LogP contribution is 2.19. The first-order chi connectivity index (χ1) is 9.47. The third-order valence-electron chi connectivity index (χ3n) is 2.65. The fraction of sp³-hybridized carbons (Fsp3) is 0.385. The fourth-order valence-corrected chi connectivity index (χ4v) is 1.64. The Bertz CT molecular complexity index is 455. The van der Waals surface area contributed by atoms with E-state index in [0.29, 0.717) is 0 Å². The SMILES string of the molecule is COC(OC)(C(=O)NCC(O)O)C(=O)c1ccccc1. The van der Waals surface area contributed by atoms with Crippen molar-refractivity contribution < 1.29 is 29.3 Å². The Morgan fingerprint density at radius 1 is 1.20 bits per heavy atom. The molecule has 0 aliphatic carbocycles. The molecule has 0 unspecified atom stereocenters. The molecule has 1 aromatic rings. The molecule has 0 heterocycles. The molecule has 0 aliphatic rings. The molecule has 0 fully saturated rings. The van der Waals surface area contributed by atoms with Crippen molar-refractivity contribution in [3.63, 3.8) is 0 Å². The second kappa shape index (κ2) is 7.11. The lowest BCUT2D eigenvalue weighted by Crippen LogP contribution is -2.56. The molecule has 1 rings (SSSR count). The first-order valence-corrected chi connectivity index (χ1v) is 5.82. The Morgan fingerprint density at radius 2 is 1.75 bits per heavy atom. The first kappa shape index (κ1) is 16.3. The van der Waals surface area contributed by atoms with Crippen molar-refractivity contribution in [2.24, 2.45) is 0 Å². The second-order valence-electron chi connectivity index (χ2n) is 3.91. The van der Waals surface area contributed by atoms with Crippen LogP contribution >= 0.6 is 0 Å². The molecular weight excluding hydrogens is 266 g/mol. The van der Waals surface area contributed by atoms with Gasteiger partial charge < -0.3 is 25.0 Å². The summed E-state index contributed by atoms with van der Waals surface area (Å²) >= 11 is 0. The van der Waals surface area contributed by atoms with Crippen LogP contribution in [0, 0.1) is 0 Å². The van der Waals surface area contributed by atoms with Gasteiger partial charge in [-0.1, -0.05) is 30.3 Å². The molecule has 1 amide bonds. The second-order valence-corrected chi connectivity index (χ2v) is 3.91. The van der Waals surface area contributed by atoms with Crippen LogP contribution in [0.15, 0.2) is 30.3 Å². The number of aliphatic hydroxyl groups is 2. The summed E-state index contributed by atoms with van der Waals surface area (Å²) in [6.07, 6.45) is -1.74. The van der Waals surface area contributed by atoms with Crippen LogP contribution in [0.3, 0.4) is 0 Å². The normalized spacial score (nSPS) is 11.4. The first-order valence-electron chi connectivity index (χ1n) is 5.82. The summed E-state index contributed by atoms with van der Waals surface area (Å²) in [6.45, 7) is -0.449. The number of benzene rings is 1. The minimum absolute atomic E-state index is 0.232. The van der Waals surface area contributed by atoms with E-state index in [4.69, 9.17) is 19.7 Å². The van der Waals surface area contributed by atoms with Gasteiger partial charge in [0.15, 0.2) is 6.29 Å². The zero-order valence-electron chi connectivity index (χ0n) is 11.2. The van der Waals surface area contributed by atoms with Gasteiger partial charge in [0.25, 0.3) is 5.91 Å². The van der Waals surface area contributed by atoms with Crippen LogP contribution in [-0.2, 0) is 14.3 Å². The number of methoxy groups -OCH3 is 2. The standard InChI is InChI=1S/C13H17NO6/c1-19-13(20-2,12(18)14-8-10(15)16)11(17)9-6-4-3-5-7-9/h3-7,10,15-16H,8H2,1-2H3,(H,14,18). The van der Waals surface area contributed by atoms with Crippen LogP contribution in [-0.4, -0.2) is 54.7 Å². The molecule has 3 N–H and O–H groups in total. The monoisotopic (exact) mass is 283 g/mol. The van der Waals surface area contributed by atoms with E-state index >= 15 is 0 Å². The predicted molar refractivity (Wildman–Crippen MR) is 68.8 cm³/mol. The zero-order chi connectivity index (χ0) is 15.2. The van der Waals surface area contributed by atoms with Crippen LogP contribution in [0.25, 0.3) is 0 Å². The quantitative estimate of drug-likeness (QED) is 0.347. The number of hydrogen-bond acceptors (Lipinski definition) is 6. The number of aliphatic hydroxyl groups excluding tert-OH is 1. The molecule has 0 radical (unpaired) electrons. The molecule has 1 aromatic carbocycles. The zero-order valence-corrected chi connectivity index (χ0v) is 11.2. The molecule has 7 heteroatoms. The van der Waals surface area contributed by atoms with E-state index in [-0.39, 0.29) is 5.56 Å². The van der Waals surface area contributed by atoms with Gasteiger partial charge in [0.1, 0.15) is 0 Å². The molecule has 0 aliphatic heterocycles. The third-order valence-corrected chi connectivity index (χ3v) is 2.65. The summed E-state index contributed by atoms with van der Waals surface area (Å²) < 4.78 is 9.90. The van der Waals surface area contributed by atoms with E-state index in [0.717, 1.165) is 14.2 Å². The van der Waals surface area contributed by atoms with Gasteiger partial charge in [0.2, 0.25) is 5.78 Å². The number of carbonyl (C=O) groups excluding carboxylic acids is 2. The van der Waals surface area contributed by atoms with Crippen LogP contribution < -0.4 is 5.32 Å². The number of carbonyl (C=O) groups is 2. The summed E-state index contributed by atoms with van der Waals surface area (Å²) in [5.41, 5.74) is 0.232. The van der Waals surface area contributed by atoms with Crippen molar-refractivity contribution in [2.75, 3.05) is 20.8 Å². The van der Waals surface area contributed by atoms with Crippen molar-refractivity contribution in [2.45, 2.75) is 12.1 Å². The fourth-order valence-electron chi connectivity index (χ4n) is 1.64. The minimum atomic E-state index is -2.17. The van der Waals surface area contributed by atoms with Gasteiger partial charge in [0, 0.05) is 19.8 Å². The molecule has 0 spiro atoms. The van der Waals surface area contributed by atoms with Crippen LogP contribution in [0.4, 0.5) is 0 Å². The van der Waals surface area contributed by atoms with Crippen molar-refractivity contribution in [3.8, 4) is 0 Å². The Labute approximate surface area is 116 Å². The summed E-state index contributed by atoms with van der Waals surface area (Å²) in [4.78, 5) is 24.4. The lowest BCUT2D eigenvalue weighted by atomic mass is 10.0. The van der Waals surface area contributed by atoms with Gasteiger partial charge in [-0.15, -0.1) is 0 Å². The predicted octanol–water partition coefficient (Wildman–Crippen LogP) is -0.715. The topological polar surface area (TPSA) is 105 Å². The maximum atomic E-state index is 12.4. The maximum Gasteiger partial charge on any atom is 0.315 e. The molecule has 20 heavy (non-hydrogen) atoms. The van der Waals surface area contributed by atoms with Gasteiger partial charge in [-0.3, -0.25) is 9.59 Å². The Balaban J connectivity index is 3.02. The van der Waals surface area contributed by atoms with E-state index in [1.807, 2.05) is 0 Å². The molecule has 7 nitrogen and oxygen atoms in total. The van der Waals surface area contributed by atoms with Gasteiger partial charge >= 0.3 is 5.79 Å². The lowest BCUT2D eigenvalue weighted by Gasteiger charge is -2.27. The van der Waals surface area contributed by atoms with Crippen molar-refractivity contribution in [1.82, 2.24) is 5.32 Å². The highest BCUT2D eigenvalue weighted by molar-refractivity contribution is 6.15. The Morgan fingerprint density at radius 3 is 2.20 bits per heavy atom. The average molecular weight is 283 g/mol. The van der Waals surface area contributed by atoms with Crippen molar-refractivity contribution in [3.05, 3.63) is 35.9 Å². The smallest absolute Gasteiger partial charge is 0.315 e. The third kappa shape index (κ3) is 3.40. The minimum Gasteiger partial charge on any atom is -0.367 e. The van der Waals surface area contributed by atoms with E-state index < -0.39 is 30.3 Å². The lowest BCUT2D eigenvalue weighted by molar-refractivity contribution is -0.188. The molecule has 0 aromatic heterocycles. The molecule has 0 bridgehead atoms. The number of amides is 1. The van der Waals surface area contributed by atoms with E-state index in [1.54, 1.807) is 18.2 Å². The number of nitrogens with one attached hydrogen (secondary N) is 1. The van der Waals surface area contributed by atoms with Gasteiger partial charge in [-0.05, 0) is 0 Å². The van der Waals surface area contributed by atoms with Crippen LogP contribution in [0.2, 0.25) is 0 Å². The van der Waals surface area contributed by atoms with Crippen molar-refractivity contribution >= 4 is 11.7 Å². The molecule has 0 atom stereocenters. The van der Waals surface area contributed by atoms with Crippen LogP contribution in [0.5, 0.6) is 0 Å². The number of Topliss-reactive ketones (excluding diaryl/α,β-unsaturated/α-hetero) is 1. The summed E-state index contributed by atoms with van der Waals surface area (Å²) in [5.74, 6) is -3.77. The molecule has 110 valence electrons. The number of rotatable bonds is 7. The summed E-state index contributed by atoms with van der Waals surface area (Å²) in [7, 11) is 2.30. The highest BCUT2D eigenvalue weighted by Gasteiger charge is 2.47. The largest absolute Gasteiger partial charge is 0.367 e. The summed E-state index contributed by atoms with van der Waals surface area (Å²) in [5, 5.41) is 19.7. The number of ether oxygens (including phenoxy) is 2. The highest BCUT2D eigenvalue weighted by atomic mass is 16.7. The average Bonchev–Trinajstić information content (AvgIpc) is 2.47. The van der Waals surface area contributed by atoms with Gasteiger partial charge in [0.05, 0.1) is 6.54 Å². The van der Waals surface area contributed by atoms with E-state index in [1.165, 1.54) is 12.1 Å². The number of hydrogen-bond donors (Lipinski definition) is 3. The maximum absolute atomic E-state index is 12.4. The Hall–Kier alpha value is -1.80. The molecule has 0 saturated carbocycles. The van der Waals surface area contributed by atoms with Gasteiger partial charge in [-0.25, -0.2) is 0 Å². The summed E-state index contributed by atoms with van der Waals surface area (Å²) in [6, 6.07) is 8.03. The Kier molecular flexibility index (Phi) is 5.78. The van der Waals surface area contributed by atoms with Crippen molar-refractivity contribution in [1.29, 1.82) is 0 Å². The van der Waals surface area contributed by atoms with E-state index in [9.17, 15) is 9.59 Å².